The van der Waals surface area contributed by atoms with Crippen molar-refractivity contribution in [2.24, 2.45) is 0 Å². The van der Waals surface area contributed by atoms with Crippen LogP contribution in [0.5, 0.6) is 0 Å². The summed E-state index contributed by atoms with van der Waals surface area (Å²) in [6, 6.07) is 8.72. The van der Waals surface area contributed by atoms with Crippen LogP contribution in [0.3, 0.4) is 0 Å². The number of nitrogens with two attached hydrogens (primary N) is 1. The van der Waals surface area contributed by atoms with Gasteiger partial charge in [-0.25, -0.2) is 9.97 Å². The van der Waals surface area contributed by atoms with Crippen molar-refractivity contribution in [1.82, 2.24) is 9.97 Å². The molecular weight excluding hydrogens is 286 g/mol. The summed E-state index contributed by atoms with van der Waals surface area (Å²) in [7, 11) is 0. The van der Waals surface area contributed by atoms with E-state index in [0.717, 1.165) is 0 Å². The summed E-state index contributed by atoms with van der Waals surface area (Å²) >= 11 is 5.97. The van der Waals surface area contributed by atoms with Crippen LogP contribution in [-0.2, 0) is 5.41 Å². The molecule has 3 N–H and O–H groups in total. The van der Waals surface area contributed by atoms with Crippen LogP contribution in [0.15, 0.2) is 24.3 Å². The minimum atomic E-state index is -0.224. The SMILES string of the molecule is CC(C)(C)c1nc(N)cc(Nc2cc(Cl)ccc2C#N)n1. The zero-order chi connectivity index (χ0) is 15.6. The van der Waals surface area contributed by atoms with Gasteiger partial charge in [-0.2, -0.15) is 5.26 Å². The number of hydrogen-bond donors (Lipinski definition) is 2. The number of aromatic nitrogens is 2. The van der Waals surface area contributed by atoms with Crippen molar-refractivity contribution in [1.29, 1.82) is 5.26 Å². The molecule has 108 valence electrons. The highest BCUT2D eigenvalue weighted by molar-refractivity contribution is 6.30. The maximum atomic E-state index is 9.14. The van der Waals surface area contributed by atoms with Crippen LogP contribution in [0.2, 0.25) is 5.02 Å². The van der Waals surface area contributed by atoms with Gasteiger partial charge >= 0.3 is 0 Å². The summed E-state index contributed by atoms with van der Waals surface area (Å²) in [4.78, 5) is 8.69. The Labute approximate surface area is 128 Å². The molecule has 2 rings (SSSR count). The molecule has 5 nitrogen and oxygen atoms in total. The Morgan fingerprint density at radius 1 is 1.24 bits per heavy atom. The maximum Gasteiger partial charge on any atom is 0.138 e. The maximum absolute atomic E-state index is 9.14. The van der Waals surface area contributed by atoms with E-state index >= 15 is 0 Å². The molecule has 0 spiro atoms. The Morgan fingerprint density at radius 2 is 1.95 bits per heavy atom. The van der Waals surface area contributed by atoms with Crippen LogP contribution in [0.25, 0.3) is 0 Å². The Morgan fingerprint density at radius 3 is 2.57 bits per heavy atom. The molecule has 0 fully saturated rings. The number of nitrogens with zero attached hydrogens (tertiary/aromatic N) is 3. The van der Waals surface area contributed by atoms with Gasteiger partial charge in [0.25, 0.3) is 0 Å². The Balaban J connectivity index is 2.43. The smallest absolute Gasteiger partial charge is 0.138 e. The number of hydrogen-bond acceptors (Lipinski definition) is 5. The van der Waals surface area contributed by atoms with Gasteiger partial charge in [-0.05, 0) is 18.2 Å². The first-order valence-corrected chi connectivity index (χ1v) is 6.79. The van der Waals surface area contributed by atoms with Crippen molar-refractivity contribution in [3.63, 3.8) is 0 Å². The van der Waals surface area contributed by atoms with Crippen LogP contribution in [-0.4, -0.2) is 9.97 Å². The van der Waals surface area contributed by atoms with Crippen molar-refractivity contribution in [2.45, 2.75) is 26.2 Å². The minimum Gasteiger partial charge on any atom is -0.384 e. The molecule has 0 amide bonds. The molecule has 0 unspecified atom stereocenters. The van der Waals surface area contributed by atoms with Gasteiger partial charge in [-0.15, -0.1) is 0 Å². The van der Waals surface area contributed by atoms with E-state index in [2.05, 4.69) is 21.4 Å². The van der Waals surface area contributed by atoms with Gasteiger partial charge in [0.15, 0.2) is 0 Å². The fourth-order valence-corrected chi connectivity index (χ4v) is 1.89. The molecule has 2 aromatic rings. The normalized spacial score (nSPS) is 11.0. The van der Waals surface area contributed by atoms with E-state index in [-0.39, 0.29) is 5.41 Å². The van der Waals surface area contributed by atoms with Crippen molar-refractivity contribution in [2.75, 3.05) is 11.1 Å². The van der Waals surface area contributed by atoms with Crippen LogP contribution >= 0.6 is 11.6 Å². The third-order valence-electron chi connectivity index (χ3n) is 2.78. The number of benzene rings is 1. The largest absolute Gasteiger partial charge is 0.384 e. The first kappa shape index (κ1) is 15.1. The van der Waals surface area contributed by atoms with Gasteiger partial charge in [0.05, 0.1) is 11.3 Å². The van der Waals surface area contributed by atoms with E-state index in [1.165, 1.54) is 0 Å². The molecule has 0 aliphatic carbocycles. The molecular formula is C15H16ClN5. The molecule has 1 aromatic carbocycles. The predicted octanol–water partition coefficient (Wildman–Crippen LogP) is 3.62. The van der Waals surface area contributed by atoms with E-state index in [0.29, 0.717) is 33.7 Å². The summed E-state index contributed by atoms with van der Waals surface area (Å²) in [6.07, 6.45) is 0. The monoisotopic (exact) mass is 301 g/mol. The number of rotatable bonds is 2. The number of anilines is 3. The molecule has 0 atom stereocenters. The molecule has 1 aromatic heterocycles. The van der Waals surface area contributed by atoms with Crippen molar-refractivity contribution < 1.29 is 0 Å². The molecule has 0 saturated heterocycles. The quantitative estimate of drug-likeness (QED) is 0.884. The second-order valence-corrected chi connectivity index (χ2v) is 6.11. The van der Waals surface area contributed by atoms with Crippen molar-refractivity contribution in [3.05, 3.63) is 40.7 Å². The van der Waals surface area contributed by atoms with Gasteiger partial charge < -0.3 is 11.1 Å². The average molecular weight is 302 g/mol. The van der Waals surface area contributed by atoms with Gasteiger partial charge in [0.2, 0.25) is 0 Å². The van der Waals surface area contributed by atoms with E-state index in [4.69, 9.17) is 22.6 Å². The second kappa shape index (κ2) is 5.58. The van der Waals surface area contributed by atoms with Crippen LogP contribution in [0, 0.1) is 11.3 Å². The first-order chi connectivity index (χ1) is 9.79. The Kier molecular flexibility index (Phi) is 4.01. The van der Waals surface area contributed by atoms with Crippen molar-refractivity contribution in [3.8, 4) is 6.07 Å². The lowest BCUT2D eigenvalue weighted by Crippen LogP contribution is -2.17. The predicted molar refractivity (Wildman–Crippen MR) is 84.6 cm³/mol. The lowest BCUT2D eigenvalue weighted by molar-refractivity contribution is 0.547. The standard InChI is InChI=1S/C15H16ClN5/c1-15(2,3)14-20-12(18)7-13(21-14)19-11-6-10(16)5-4-9(11)8-17/h4-7H,1-3H3,(H3,18,19,20,21). The molecule has 0 saturated carbocycles. The fraction of sp³-hybridized carbons (Fsp3) is 0.267. The molecule has 0 aliphatic heterocycles. The van der Waals surface area contributed by atoms with Crippen molar-refractivity contribution >= 4 is 28.9 Å². The zero-order valence-corrected chi connectivity index (χ0v) is 12.9. The van der Waals surface area contributed by atoms with Crippen LogP contribution in [0.1, 0.15) is 32.2 Å². The molecule has 1 heterocycles. The van der Waals surface area contributed by atoms with Crippen LogP contribution < -0.4 is 11.1 Å². The van der Waals surface area contributed by atoms with Gasteiger partial charge in [0.1, 0.15) is 23.5 Å². The molecule has 0 bridgehead atoms. The summed E-state index contributed by atoms with van der Waals surface area (Å²) in [5.74, 6) is 1.54. The average Bonchev–Trinajstić information content (AvgIpc) is 2.37. The Bertz CT molecular complexity index is 713. The van der Waals surface area contributed by atoms with Gasteiger partial charge in [0, 0.05) is 16.5 Å². The van der Waals surface area contributed by atoms with Gasteiger partial charge in [-0.3, -0.25) is 0 Å². The highest BCUT2D eigenvalue weighted by Crippen LogP contribution is 2.26. The van der Waals surface area contributed by atoms with Crippen LogP contribution in [0.4, 0.5) is 17.3 Å². The van der Waals surface area contributed by atoms with Gasteiger partial charge in [-0.1, -0.05) is 32.4 Å². The highest BCUT2D eigenvalue weighted by Gasteiger charge is 2.19. The summed E-state index contributed by atoms with van der Waals surface area (Å²) in [5, 5.41) is 12.8. The molecule has 21 heavy (non-hydrogen) atoms. The summed E-state index contributed by atoms with van der Waals surface area (Å²) in [6.45, 7) is 6.02. The summed E-state index contributed by atoms with van der Waals surface area (Å²) < 4.78 is 0. The number of halogens is 1. The minimum absolute atomic E-state index is 0.224. The second-order valence-electron chi connectivity index (χ2n) is 5.68. The number of nitriles is 1. The van der Waals surface area contributed by atoms with E-state index in [9.17, 15) is 0 Å². The Hall–Kier alpha value is -2.32. The van der Waals surface area contributed by atoms with E-state index in [1.807, 2.05) is 20.8 Å². The third-order valence-corrected chi connectivity index (χ3v) is 3.02. The molecule has 6 heteroatoms. The van der Waals surface area contributed by atoms with E-state index < -0.39 is 0 Å². The molecule has 0 radical (unpaired) electrons. The third kappa shape index (κ3) is 3.61. The fourth-order valence-electron chi connectivity index (χ4n) is 1.72. The first-order valence-electron chi connectivity index (χ1n) is 6.41. The summed E-state index contributed by atoms with van der Waals surface area (Å²) in [5.41, 5.74) is 6.67. The molecule has 0 aliphatic rings. The number of nitrogens with one attached hydrogen (secondary N) is 1. The lowest BCUT2D eigenvalue weighted by atomic mass is 9.96. The highest BCUT2D eigenvalue weighted by atomic mass is 35.5. The zero-order valence-electron chi connectivity index (χ0n) is 12.1. The lowest BCUT2D eigenvalue weighted by Gasteiger charge is -2.18. The topological polar surface area (TPSA) is 87.6 Å². The van der Waals surface area contributed by atoms with E-state index in [1.54, 1.807) is 24.3 Å². The number of nitrogen functional groups attached to an aromatic ring is 1.